The third kappa shape index (κ3) is 3.03. The quantitative estimate of drug-likeness (QED) is 0.926. The van der Waals surface area contributed by atoms with Gasteiger partial charge < -0.3 is 14.9 Å². The van der Waals surface area contributed by atoms with Crippen LogP contribution < -0.4 is 9.80 Å². The molecule has 6 heteroatoms. The standard InChI is InChI=1S/C18H22N4OS/c23-12-15-3-1-7-22(15)18-11-17(19-13-20-18)21-8-5-14(6-9-21)16-4-2-10-24-16/h2,4-5,10-11,13,15,23H,1,3,6-9,12H2. The molecule has 1 N–H and O–H groups in total. The number of aliphatic hydroxyl groups is 1. The van der Waals surface area contributed by atoms with Gasteiger partial charge in [0, 0.05) is 30.6 Å². The Morgan fingerprint density at radius 2 is 2.17 bits per heavy atom. The highest BCUT2D eigenvalue weighted by Crippen LogP contribution is 2.29. The molecule has 5 nitrogen and oxygen atoms in total. The highest BCUT2D eigenvalue weighted by molar-refractivity contribution is 7.11. The fraction of sp³-hybridized carbons (Fsp3) is 0.444. The third-order valence-corrected chi connectivity index (χ3v) is 5.84. The van der Waals surface area contributed by atoms with Crippen LogP contribution in [-0.2, 0) is 0 Å². The predicted octanol–water partition coefficient (Wildman–Crippen LogP) is 2.79. The van der Waals surface area contributed by atoms with Crippen molar-refractivity contribution in [2.24, 2.45) is 0 Å². The number of aromatic nitrogens is 2. The summed E-state index contributed by atoms with van der Waals surface area (Å²) in [5, 5.41) is 11.7. The molecule has 0 spiro atoms. The summed E-state index contributed by atoms with van der Waals surface area (Å²) in [4.78, 5) is 14.8. The summed E-state index contributed by atoms with van der Waals surface area (Å²) < 4.78 is 0. The van der Waals surface area contributed by atoms with E-state index in [4.69, 9.17) is 0 Å². The molecular weight excluding hydrogens is 320 g/mol. The van der Waals surface area contributed by atoms with E-state index in [1.165, 1.54) is 10.5 Å². The van der Waals surface area contributed by atoms with Crippen molar-refractivity contribution in [2.45, 2.75) is 25.3 Å². The minimum atomic E-state index is 0.190. The summed E-state index contributed by atoms with van der Waals surface area (Å²) in [6.07, 6.45) is 7.15. The van der Waals surface area contributed by atoms with E-state index in [0.717, 1.165) is 50.5 Å². The first kappa shape index (κ1) is 15.6. The third-order valence-electron chi connectivity index (χ3n) is 4.89. The lowest BCUT2D eigenvalue weighted by atomic mass is 10.1. The number of anilines is 2. The van der Waals surface area contributed by atoms with Crippen LogP contribution in [0, 0.1) is 0 Å². The Bertz CT molecular complexity index is 716. The topological polar surface area (TPSA) is 52.5 Å². The Balaban J connectivity index is 1.50. The average Bonchev–Trinajstić information content (AvgIpc) is 3.33. The van der Waals surface area contributed by atoms with Crippen molar-refractivity contribution >= 4 is 28.5 Å². The van der Waals surface area contributed by atoms with Crippen molar-refractivity contribution in [3.63, 3.8) is 0 Å². The maximum absolute atomic E-state index is 9.53. The summed E-state index contributed by atoms with van der Waals surface area (Å²) in [5.41, 5.74) is 1.44. The van der Waals surface area contributed by atoms with Crippen molar-refractivity contribution in [3.8, 4) is 0 Å². The van der Waals surface area contributed by atoms with E-state index in [2.05, 4.69) is 49.4 Å². The lowest BCUT2D eigenvalue weighted by molar-refractivity contribution is 0.266. The van der Waals surface area contributed by atoms with E-state index in [-0.39, 0.29) is 12.6 Å². The van der Waals surface area contributed by atoms with Gasteiger partial charge in [-0.15, -0.1) is 11.3 Å². The van der Waals surface area contributed by atoms with Gasteiger partial charge in [0.2, 0.25) is 0 Å². The number of nitrogens with zero attached hydrogens (tertiary/aromatic N) is 4. The SMILES string of the molecule is OCC1CCCN1c1cc(N2CC=C(c3cccs3)CC2)ncn1. The van der Waals surface area contributed by atoms with Crippen LogP contribution in [0.25, 0.3) is 5.57 Å². The van der Waals surface area contributed by atoms with Gasteiger partial charge in [0.25, 0.3) is 0 Å². The van der Waals surface area contributed by atoms with Crippen LogP contribution >= 0.6 is 11.3 Å². The Kier molecular flexibility index (Phi) is 4.49. The minimum absolute atomic E-state index is 0.190. The molecule has 126 valence electrons. The van der Waals surface area contributed by atoms with E-state index >= 15 is 0 Å². The molecule has 2 aliphatic rings. The maximum Gasteiger partial charge on any atom is 0.134 e. The minimum Gasteiger partial charge on any atom is -0.394 e. The Morgan fingerprint density at radius 3 is 2.92 bits per heavy atom. The molecule has 0 aromatic carbocycles. The first-order valence-corrected chi connectivity index (χ1v) is 9.40. The molecule has 24 heavy (non-hydrogen) atoms. The molecule has 1 fully saturated rings. The van der Waals surface area contributed by atoms with Gasteiger partial charge >= 0.3 is 0 Å². The molecular formula is C18H22N4OS. The molecule has 0 aliphatic carbocycles. The lowest BCUT2D eigenvalue weighted by Crippen LogP contribution is -2.33. The molecule has 2 aliphatic heterocycles. The van der Waals surface area contributed by atoms with Gasteiger partial charge in [0.15, 0.2) is 0 Å². The Hall–Kier alpha value is -1.92. The molecule has 0 radical (unpaired) electrons. The number of hydrogen-bond donors (Lipinski definition) is 1. The Morgan fingerprint density at radius 1 is 1.25 bits per heavy atom. The summed E-state index contributed by atoms with van der Waals surface area (Å²) in [6, 6.07) is 6.56. The van der Waals surface area contributed by atoms with Crippen LogP contribution in [0.4, 0.5) is 11.6 Å². The number of hydrogen-bond acceptors (Lipinski definition) is 6. The fourth-order valence-corrected chi connectivity index (χ4v) is 4.35. The van der Waals surface area contributed by atoms with Crippen molar-refractivity contribution in [1.82, 2.24) is 9.97 Å². The van der Waals surface area contributed by atoms with Gasteiger partial charge in [-0.3, -0.25) is 0 Å². The second-order valence-corrected chi connectivity index (χ2v) is 7.26. The first-order chi connectivity index (χ1) is 11.8. The normalized spacial score (nSPS) is 21.2. The fourth-order valence-electron chi connectivity index (χ4n) is 3.56. The molecule has 0 saturated carbocycles. The van der Waals surface area contributed by atoms with Gasteiger partial charge in [-0.25, -0.2) is 9.97 Å². The predicted molar refractivity (Wildman–Crippen MR) is 98.6 cm³/mol. The van der Waals surface area contributed by atoms with Crippen molar-refractivity contribution in [3.05, 3.63) is 40.9 Å². The van der Waals surface area contributed by atoms with Crippen molar-refractivity contribution in [2.75, 3.05) is 36.0 Å². The average molecular weight is 342 g/mol. The summed E-state index contributed by atoms with van der Waals surface area (Å²) in [6.45, 7) is 3.01. The number of rotatable bonds is 4. The van der Waals surface area contributed by atoms with Gasteiger partial charge in [0.05, 0.1) is 12.6 Å². The monoisotopic (exact) mass is 342 g/mol. The van der Waals surface area contributed by atoms with Crippen LogP contribution in [-0.4, -0.2) is 47.4 Å². The van der Waals surface area contributed by atoms with Gasteiger partial charge in [-0.2, -0.15) is 0 Å². The summed E-state index contributed by atoms with van der Waals surface area (Å²) in [7, 11) is 0. The zero-order valence-electron chi connectivity index (χ0n) is 13.6. The first-order valence-electron chi connectivity index (χ1n) is 8.52. The lowest BCUT2D eigenvalue weighted by Gasteiger charge is -2.29. The van der Waals surface area contributed by atoms with E-state index in [1.807, 2.05) is 0 Å². The van der Waals surface area contributed by atoms with Crippen LogP contribution in [0.3, 0.4) is 0 Å². The molecule has 1 atom stereocenters. The maximum atomic E-state index is 9.53. The van der Waals surface area contributed by atoms with Crippen LogP contribution in [0.15, 0.2) is 36.0 Å². The smallest absolute Gasteiger partial charge is 0.134 e. The van der Waals surface area contributed by atoms with Crippen molar-refractivity contribution in [1.29, 1.82) is 0 Å². The number of thiophene rings is 1. The van der Waals surface area contributed by atoms with Crippen LogP contribution in [0.5, 0.6) is 0 Å². The largest absolute Gasteiger partial charge is 0.394 e. The van der Waals surface area contributed by atoms with E-state index in [1.54, 1.807) is 17.7 Å². The molecule has 4 heterocycles. The van der Waals surface area contributed by atoms with Gasteiger partial charge in [-0.05, 0) is 36.3 Å². The summed E-state index contributed by atoms with van der Waals surface area (Å²) >= 11 is 1.81. The highest BCUT2D eigenvalue weighted by Gasteiger charge is 2.25. The number of aliphatic hydroxyl groups excluding tert-OH is 1. The highest BCUT2D eigenvalue weighted by atomic mass is 32.1. The molecule has 1 unspecified atom stereocenters. The van der Waals surface area contributed by atoms with Gasteiger partial charge in [0.1, 0.15) is 18.0 Å². The molecule has 0 amide bonds. The van der Waals surface area contributed by atoms with Crippen molar-refractivity contribution < 1.29 is 5.11 Å². The Labute approximate surface area is 146 Å². The molecule has 1 saturated heterocycles. The second-order valence-electron chi connectivity index (χ2n) is 6.31. The van der Waals surface area contributed by atoms with Gasteiger partial charge in [-0.1, -0.05) is 12.1 Å². The summed E-state index contributed by atoms with van der Waals surface area (Å²) in [5.74, 6) is 1.91. The van der Waals surface area contributed by atoms with E-state index in [9.17, 15) is 5.11 Å². The van der Waals surface area contributed by atoms with Crippen LogP contribution in [0.1, 0.15) is 24.1 Å². The van der Waals surface area contributed by atoms with Crippen LogP contribution in [0.2, 0.25) is 0 Å². The zero-order chi connectivity index (χ0) is 16.4. The molecule has 0 bridgehead atoms. The molecule has 2 aromatic rings. The van der Waals surface area contributed by atoms with E-state index in [0.29, 0.717) is 0 Å². The molecule has 2 aromatic heterocycles. The second kappa shape index (κ2) is 6.91. The van der Waals surface area contributed by atoms with E-state index < -0.39 is 0 Å². The molecule has 4 rings (SSSR count). The zero-order valence-corrected chi connectivity index (χ0v) is 14.5.